The van der Waals surface area contributed by atoms with Crippen molar-refractivity contribution in [1.29, 1.82) is 0 Å². The van der Waals surface area contributed by atoms with E-state index in [-0.39, 0.29) is 13.0 Å². The van der Waals surface area contributed by atoms with Gasteiger partial charge in [-0.1, -0.05) is 12.1 Å². The van der Waals surface area contributed by atoms with Crippen molar-refractivity contribution in [2.75, 3.05) is 6.54 Å². The normalized spacial score (nSPS) is 13.7. The van der Waals surface area contributed by atoms with Gasteiger partial charge in [0.25, 0.3) is 10.2 Å². The number of nitrogens with two attached hydrogens (primary N) is 1. The predicted octanol–water partition coefficient (Wildman–Crippen LogP) is 0.0423. The first-order valence-electron chi connectivity index (χ1n) is 4.59. The zero-order valence-corrected chi connectivity index (χ0v) is 9.24. The maximum Gasteiger partial charge on any atom is 0.274 e. The van der Waals surface area contributed by atoms with Gasteiger partial charge in [0.1, 0.15) is 5.82 Å². The van der Waals surface area contributed by atoms with E-state index >= 15 is 0 Å². The van der Waals surface area contributed by atoms with Crippen LogP contribution in [0.15, 0.2) is 24.3 Å². The van der Waals surface area contributed by atoms with Crippen LogP contribution in [0.25, 0.3) is 0 Å². The fourth-order valence-electron chi connectivity index (χ4n) is 1.19. The standard InChI is InChI=1S/C9H13FN2O3S/c10-8-3-1-7(2-4-8)9(13)5-6-12-16(11,14)15/h1-4,9,12-13H,5-6H2,(H2,11,14,15). The minimum Gasteiger partial charge on any atom is -0.388 e. The molecule has 4 N–H and O–H groups in total. The van der Waals surface area contributed by atoms with Gasteiger partial charge in [-0.2, -0.15) is 8.42 Å². The Morgan fingerprint density at radius 1 is 1.38 bits per heavy atom. The average Bonchev–Trinajstić information content (AvgIpc) is 2.16. The maximum absolute atomic E-state index is 12.6. The average molecular weight is 248 g/mol. The van der Waals surface area contributed by atoms with Gasteiger partial charge in [0.15, 0.2) is 0 Å². The van der Waals surface area contributed by atoms with E-state index in [0.717, 1.165) is 0 Å². The van der Waals surface area contributed by atoms with Gasteiger partial charge in [-0.25, -0.2) is 14.3 Å². The first-order chi connectivity index (χ1) is 7.38. The van der Waals surface area contributed by atoms with Gasteiger partial charge >= 0.3 is 0 Å². The summed E-state index contributed by atoms with van der Waals surface area (Å²) in [7, 11) is -3.73. The molecule has 0 radical (unpaired) electrons. The largest absolute Gasteiger partial charge is 0.388 e. The number of hydrogen-bond acceptors (Lipinski definition) is 3. The highest BCUT2D eigenvalue weighted by Gasteiger charge is 2.08. The van der Waals surface area contributed by atoms with Crippen LogP contribution < -0.4 is 9.86 Å². The summed E-state index contributed by atoms with van der Waals surface area (Å²) in [6.45, 7) is 0.0252. The number of aliphatic hydroxyl groups is 1. The molecule has 0 aromatic heterocycles. The van der Waals surface area contributed by atoms with Crippen molar-refractivity contribution in [1.82, 2.24) is 4.72 Å². The quantitative estimate of drug-likeness (QED) is 0.687. The second-order valence-electron chi connectivity index (χ2n) is 3.30. The molecule has 1 unspecified atom stereocenters. The summed E-state index contributed by atoms with van der Waals surface area (Å²) in [5.74, 6) is -0.390. The van der Waals surface area contributed by atoms with Crippen LogP contribution in [-0.4, -0.2) is 20.1 Å². The van der Waals surface area contributed by atoms with Crippen LogP contribution in [0.4, 0.5) is 4.39 Å². The van der Waals surface area contributed by atoms with Gasteiger partial charge in [0, 0.05) is 6.54 Å². The Morgan fingerprint density at radius 2 is 1.94 bits per heavy atom. The summed E-state index contributed by atoms with van der Waals surface area (Å²) < 4.78 is 35.7. The molecule has 0 saturated carbocycles. The highest BCUT2D eigenvalue weighted by molar-refractivity contribution is 7.87. The van der Waals surface area contributed by atoms with Crippen LogP contribution in [0, 0.1) is 5.82 Å². The number of rotatable bonds is 5. The highest BCUT2D eigenvalue weighted by atomic mass is 32.2. The SMILES string of the molecule is NS(=O)(=O)NCCC(O)c1ccc(F)cc1. The minimum atomic E-state index is -3.73. The van der Waals surface area contributed by atoms with Crippen LogP contribution >= 0.6 is 0 Å². The van der Waals surface area contributed by atoms with E-state index in [1.807, 2.05) is 4.72 Å². The van der Waals surface area contributed by atoms with Crippen molar-refractivity contribution in [2.24, 2.45) is 5.14 Å². The molecule has 1 aromatic carbocycles. The second-order valence-corrected chi connectivity index (χ2v) is 4.67. The lowest BCUT2D eigenvalue weighted by Gasteiger charge is -2.10. The Morgan fingerprint density at radius 3 is 2.44 bits per heavy atom. The lowest BCUT2D eigenvalue weighted by atomic mass is 10.1. The van der Waals surface area contributed by atoms with Gasteiger partial charge in [0.2, 0.25) is 0 Å². The zero-order valence-electron chi connectivity index (χ0n) is 8.43. The highest BCUT2D eigenvalue weighted by Crippen LogP contribution is 2.16. The van der Waals surface area contributed by atoms with Crippen molar-refractivity contribution in [3.05, 3.63) is 35.6 Å². The van der Waals surface area contributed by atoms with E-state index < -0.39 is 22.1 Å². The third-order valence-electron chi connectivity index (χ3n) is 1.98. The van der Waals surface area contributed by atoms with E-state index in [2.05, 4.69) is 0 Å². The molecule has 90 valence electrons. The van der Waals surface area contributed by atoms with E-state index in [9.17, 15) is 17.9 Å². The second kappa shape index (κ2) is 5.35. The van der Waals surface area contributed by atoms with Crippen LogP contribution in [-0.2, 0) is 10.2 Å². The molecule has 0 bridgehead atoms. The van der Waals surface area contributed by atoms with Crippen molar-refractivity contribution in [3.63, 3.8) is 0 Å². The lowest BCUT2D eigenvalue weighted by molar-refractivity contribution is 0.169. The molecule has 7 heteroatoms. The first-order valence-corrected chi connectivity index (χ1v) is 6.14. The molecule has 1 aromatic rings. The number of benzene rings is 1. The Balaban J connectivity index is 2.47. The van der Waals surface area contributed by atoms with Gasteiger partial charge in [-0.3, -0.25) is 0 Å². The summed E-state index contributed by atoms with van der Waals surface area (Å²) in [6.07, 6.45) is -0.683. The molecular weight excluding hydrogens is 235 g/mol. The Bertz CT molecular complexity index is 433. The summed E-state index contributed by atoms with van der Waals surface area (Å²) in [6, 6.07) is 5.34. The lowest BCUT2D eigenvalue weighted by Crippen LogP contribution is -2.32. The minimum absolute atomic E-state index is 0.0252. The molecule has 0 amide bonds. The fraction of sp³-hybridized carbons (Fsp3) is 0.333. The molecule has 0 aliphatic heterocycles. The van der Waals surface area contributed by atoms with Crippen LogP contribution in [0.3, 0.4) is 0 Å². The third kappa shape index (κ3) is 4.67. The molecule has 0 fully saturated rings. The fourth-order valence-corrected chi connectivity index (χ4v) is 1.59. The van der Waals surface area contributed by atoms with Crippen molar-refractivity contribution in [2.45, 2.75) is 12.5 Å². The van der Waals surface area contributed by atoms with Gasteiger partial charge in [-0.15, -0.1) is 0 Å². The van der Waals surface area contributed by atoms with E-state index in [1.165, 1.54) is 24.3 Å². The van der Waals surface area contributed by atoms with E-state index in [0.29, 0.717) is 5.56 Å². The van der Waals surface area contributed by atoms with Crippen LogP contribution in [0.1, 0.15) is 18.1 Å². The Kier molecular flexibility index (Phi) is 4.36. The molecule has 0 spiro atoms. The van der Waals surface area contributed by atoms with Gasteiger partial charge < -0.3 is 5.11 Å². The molecular formula is C9H13FN2O3S. The van der Waals surface area contributed by atoms with Crippen LogP contribution in [0.2, 0.25) is 0 Å². The first kappa shape index (κ1) is 13.0. The molecule has 0 heterocycles. The molecule has 0 saturated heterocycles. The molecule has 1 rings (SSSR count). The third-order valence-corrected chi connectivity index (χ3v) is 2.58. The van der Waals surface area contributed by atoms with Crippen molar-refractivity contribution in [3.8, 4) is 0 Å². The predicted molar refractivity (Wildman–Crippen MR) is 57.1 cm³/mol. The number of nitrogens with one attached hydrogen (secondary N) is 1. The van der Waals surface area contributed by atoms with Crippen molar-refractivity contribution < 1.29 is 17.9 Å². The van der Waals surface area contributed by atoms with Crippen LogP contribution in [0.5, 0.6) is 0 Å². The number of aliphatic hydroxyl groups excluding tert-OH is 1. The summed E-state index contributed by atoms with van der Waals surface area (Å²) in [5.41, 5.74) is 0.526. The molecule has 1 atom stereocenters. The summed E-state index contributed by atoms with van der Waals surface area (Å²) >= 11 is 0. The van der Waals surface area contributed by atoms with Gasteiger partial charge in [0.05, 0.1) is 6.10 Å². The Hall–Kier alpha value is -1.02. The molecule has 0 aliphatic rings. The van der Waals surface area contributed by atoms with Crippen molar-refractivity contribution >= 4 is 10.2 Å². The summed E-state index contributed by atoms with van der Waals surface area (Å²) in [4.78, 5) is 0. The number of hydrogen-bond donors (Lipinski definition) is 3. The van der Waals surface area contributed by atoms with E-state index in [4.69, 9.17) is 5.14 Å². The summed E-state index contributed by atoms with van der Waals surface area (Å²) in [5, 5.41) is 14.3. The number of halogens is 1. The maximum atomic E-state index is 12.6. The monoisotopic (exact) mass is 248 g/mol. The van der Waals surface area contributed by atoms with E-state index in [1.54, 1.807) is 0 Å². The smallest absolute Gasteiger partial charge is 0.274 e. The zero-order chi connectivity index (χ0) is 12.2. The topological polar surface area (TPSA) is 92.4 Å². The molecule has 5 nitrogen and oxygen atoms in total. The Labute approximate surface area is 93.3 Å². The molecule has 0 aliphatic carbocycles. The molecule has 16 heavy (non-hydrogen) atoms. The van der Waals surface area contributed by atoms with Gasteiger partial charge in [-0.05, 0) is 24.1 Å².